The Bertz CT molecular complexity index is 641. The van der Waals surface area contributed by atoms with Gasteiger partial charge in [-0.2, -0.15) is 5.10 Å². The largest absolute Gasteiger partial charge is 0.333 e. The summed E-state index contributed by atoms with van der Waals surface area (Å²) in [6.07, 6.45) is 4.97. The molecule has 2 N–H and O–H groups in total. The van der Waals surface area contributed by atoms with E-state index in [1.54, 1.807) is 10.7 Å². The van der Waals surface area contributed by atoms with E-state index in [1.807, 2.05) is 48.4 Å². The summed E-state index contributed by atoms with van der Waals surface area (Å²) < 4.78 is 1.73. The smallest absolute Gasteiger partial charge is 0.274 e. The zero-order valence-corrected chi connectivity index (χ0v) is 14.1. The minimum Gasteiger partial charge on any atom is -0.333 e. The van der Waals surface area contributed by atoms with Crippen LogP contribution >= 0.6 is 12.4 Å². The highest BCUT2D eigenvalue weighted by molar-refractivity contribution is 5.92. The van der Waals surface area contributed by atoms with Crippen molar-refractivity contribution >= 4 is 18.3 Å². The molecule has 1 aromatic heterocycles. The van der Waals surface area contributed by atoms with Gasteiger partial charge in [0.2, 0.25) is 0 Å². The number of piperidine rings is 1. The summed E-state index contributed by atoms with van der Waals surface area (Å²) in [5, 5.41) is 4.43. The van der Waals surface area contributed by atoms with E-state index < -0.39 is 0 Å². The number of carbonyl (C=O) groups is 1. The van der Waals surface area contributed by atoms with Crippen LogP contribution in [-0.4, -0.2) is 39.2 Å². The number of rotatable bonds is 3. The van der Waals surface area contributed by atoms with Gasteiger partial charge in [0.1, 0.15) is 0 Å². The molecule has 0 bridgehead atoms. The van der Waals surface area contributed by atoms with Crippen molar-refractivity contribution in [2.75, 3.05) is 6.54 Å². The van der Waals surface area contributed by atoms with Gasteiger partial charge in [-0.3, -0.25) is 4.79 Å². The summed E-state index contributed by atoms with van der Waals surface area (Å²) in [5.74, 6) is -0.0170. The molecule has 1 aromatic carbocycles. The summed E-state index contributed by atoms with van der Waals surface area (Å²) in [6, 6.07) is 11.7. The lowest BCUT2D eigenvalue weighted by Crippen LogP contribution is -2.51. The van der Waals surface area contributed by atoms with Crippen LogP contribution in [0.2, 0.25) is 0 Å². The zero-order chi connectivity index (χ0) is 15.5. The lowest BCUT2D eigenvalue weighted by Gasteiger charge is -2.37. The molecule has 6 heteroatoms. The second-order valence-corrected chi connectivity index (χ2v) is 5.90. The third-order valence-electron chi connectivity index (χ3n) is 4.25. The Morgan fingerprint density at radius 3 is 2.70 bits per heavy atom. The Kier molecular flexibility index (Phi) is 5.80. The molecular formula is C17H23ClN4O. The average molecular weight is 335 g/mol. The highest BCUT2D eigenvalue weighted by Gasteiger charge is 2.30. The maximum atomic E-state index is 12.8. The summed E-state index contributed by atoms with van der Waals surface area (Å²) in [4.78, 5) is 14.6. The van der Waals surface area contributed by atoms with E-state index in [1.165, 1.54) is 0 Å². The van der Waals surface area contributed by atoms with E-state index in [0.29, 0.717) is 5.69 Å². The minimum atomic E-state index is -0.0170. The fraction of sp³-hybridized carbons (Fsp3) is 0.412. The number of halogens is 1. The van der Waals surface area contributed by atoms with Crippen LogP contribution in [0.5, 0.6) is 0 Å². The number of amides is 1. The van der Waals surface area contributed by atoms with Crippen LogP contribution < -0.4 is 5.73 Å². The molecule has 124 valence electrons. The zero-order valence-electron chi connectivity index (χ0n) is 13.3. The number of carbonyl (C=O) groups excluding carboxylic acids is 1. The van der Waals surface area contributed by atoms with E-state index in [0.717, 1.165) is 31.5 Å². The fourth-order valence-corrected chi connectivity index (χ4v) is 3.07. The van der Waals surface area contributed by atoms with Crippen molar-refractivity contribution < 1.29 is 4.79 Å². The second kappa shape index (κ2) is 7.62. The van der Waals surface area contributed by atoms with Crippen LogP contribution in [-0.2, 0) is 0 Å². The van der Waals surface area contributed by atoms with E-state index in [4.69, 9.17) is 5.73 Å². The maximum absolute atomic E-state index is 12.8. The average Bonchev–Trinajstić information content (AvgIpc) is 3.05. The number of para-hydroxylation sites is 1. The second-order valence-electron chi connectivity index (χ2n) is 5.90. The van der Waals surface area contributed by atoms with Crippen LogP contribution in [0.3, 0.4) is 0 Å². The van der Waals surface area contributed by atoms with E-state index in [2.05, 4.69) is 5.10 Å². The number of nitrogens with two attached hydrogens (primary N) is 1. The van der Waals surface area contributed by atoms with Crippen molar-refractivity contribution in [3.63, 3.8) is 0 Å². The summed E-state index contributed by atoms with van der Waals surface area (Å²) in [6.45, 7) is 2.74. The molecule has 0 radical (unpaired) electrons. The summed E-state index contributed by atoms with van der Waals surface area (Å²) in [5.41, 5.74) is 7.48. The van der Waals surface area contributed by atoms with Crippen LogP contribution in [0, 0.1) is 0 Å². The van der Waals surface area contributed by atoms with Gasteiger partial charge >= 0.3 is 0 Å². The first kappa shape index (κ1) is 17.5. The van der Waals surface area contributed by atoms with Crippen molar-refractivity contribution in [1.29, 1.82) is 0 Å². The Morgan fingerprint density at radius 1 is 1.26 bits per heavy atom. The fourth-order valence-electron chi connectivity index (χ4n) is 3.07. The van der Waals surface area contributed by atoms with Gasteiger partial charge in [0.25, 0.3) is 5.91 Å². The molecular weight excluding hydrogens is 312 g/mol. The van der Waals surface area contributed by atoms with E-state index in [9.17, 15) is 4.79 Å². The number of aromatic nitrogens is 2. The Balaban J connectivity index is 0.00000192. The molecule has 5 nitrogen and oxygen atoms in total. The van der Waals surface area contributed by atoms with Crippen molar-refractivity contribution in [1.82, 2.24) is 14.7 Å². The highest BCUT2D eigenvalue weighted by Crippen LogP contribution is 2.21. The molecule has 0 spiro atoms. The lowest BCUT2D eigenvalue weighted by atomic mass is 9.96. The molecule has 2 aromatic rings. The Labute approximate surface area is 142 Å². The number of nitrogens with zero attached hydrogens (tertiary/aromatic N) is 3. The van der Waals surface area contributed by atoms with Gasteiger partial charge in [0.15, 0.2) is 5.69 Å². The molecule has 0 aliphatic carbocycles. The first-order chi connectivity index (χ1) is 10.7. The first-order valence-corrected chi connectivity index (χ1v) is 7.84. The monoisotopic (exact) mass is 334 g/mol. The summed E-state index contributed by atoms with van der Waals surface area (Å²) >= 11 is 0. The number of likely N-dealkylation sites (tertiary alicyclic amines) is 1. The van der Waals surface area contributed by atoms with Gasteiger partial charge in [-0.25, -0.2) is 4.68 Å². The topological polar surface area (TPSA) is 64.2 Å². The van der Waals surface area contributed by atoms with Crippen LogP contribution in [0.4, 0.5) is 0 Å². The molecule has 1 aliphatic heterocycles. The molecule has 1 amide bonds. The van der Waals surface area contributed by atoms with Crippen molar-refractivity contribution in [3.8, 4) is 5.69 Å². The van der Waals surface area contributed by atoms with Gasteiger partial charge < -0.3 is 10.6 Å². The number of benzene rings is 1. The van der Waals surface area contributed by atoms with E-state index >= 15 is 0 Å². The molecule has 1 saturated heterocycles. The van der Waals surface area contributed by atoms with Crippen molar-refractivity contribution in [3.05, 3.63) is 48.3 Å². The molecule has 1 fully saturated rings. The Hall–Kier alpha value is -1.85. The maximum Gasteiger partial charge on any atom is 0.274 e. The van der Waals surface area contributed by atoms with Crippen molar-refractivity contribution in [2.24, 2.45) is 5.73 Å². The third-order valence-corrected chi connectivity index (χ3v) is 4.25. The molecule has 3 rings (SSSR count). The van der Waals surface area contributed by atoms with Crippen molar-refractivity contribution in [2.45, 2.75) is 38.3 Å². The SMILES string of the molecule is CC(N)C1CCCCN1C(=O)c1ccn(-c2ccccc2)n1.Cl. The van der Waals surface area contributed by atoms with Crippen LogP contribution in [0.15, 0.2) is 42.6 Å². The predicted octanol–water partition coefficient (Wildman–Crippen LogP) is 2.64. The Morgan fingerprint density at radius 2 is 2.00 bits per heavy atom. The first-order valence-electron chi connectivity index (χ1n) is 7.84. The van der Waals surface area contributed by atoms with Gasteiger partial charge in [-0.05, 0) is 44.4 Å². The van der Waals surface area contributed by atoms with E-state index in [-0.39, 0.29) is 30.4 Å². The minimum absolute atomic E-state index is 0. The van der Waals surface area contributed by atoms with Crippen LogP contribution in [0.1, 0.15) is 36.7 Å². The molecule has 1 aliphatic rings. The normalized spacial score (nSPS) is 19.0. The molecule has 2 atom stereocenters. The number of hydrogen-bond acceptors (Lipinski definition) is 3. The quantitative estimate of drug-likeness (QED) is 0.938. The molecule has 0 saturated carbocycles. The predicted molar refractivity (Wildman–Crippen MR) is 93.1 cm³/mol. The van der Waals surface area contributed by atoms with Gasteiger partial charge in [0.05, 0.1) is 5.69 Å². The molecule has 2 unspecified atom stereocenters. The van der Waals surface area contributed by atoms with Gasteiger partial charge in [0, 0.05) is 24.8 Å². The lowest BCUT2D eigenvalue weighted by molar-refractivity contribution is 0.0577. The van der Waals surface area contributed by atoms with Gasteiger partial charge in [-0.15, -0.1) is 12.4 Å². The third kappa shape index (κ3) is 3.74. The molecule has 23 heavy (non-hydrogen) atoms. The standard InChI is InChI=1S/C17H22N4O.ClH/c1-13(18)16-9-5-6-11-20(16)17(22)15-10-12-21(19-15)14-7-3-2-4-8-14;/h2-4,7-8,10,12-13,16H,5-6,9,11,18H2,1H3;1H. The number of hydrogen-bond donors (Lipinski definition) is 1. The van der Waals surface area contributed by atoms with Crippen LogP contribution in [0.25, 0.3) is 5.69 Å². The summed E-state index contributed by atoms with van der Waals surface area (Å²) in [7, 11) is 0. The molecule has 2 heterocycles. The highest BCUT2D eigenvalue weighted by atomic mass is 35.5. The van der Waals surface area contributed by atoms with Gasteiger partial charge in [-0.1, -0.05) is 18.2 Å².